The zero-order chi connectivity index (χ0) is 8.27. The largest absolute Gasteiger partial charge is 0.260 e. The van der Waals surface area contributed by atoms with Gasteiger partial charge in [-0.05, 0) is 18.6 Å². The second kappa shape index (κ2) is 4.07. The van der Waals surface area contributed by atoms with Crippen LogP contribution in [-0.2, 0) is 0 Å². The second-order valence-corrected chi connectivity index (χ2v) is 3.60. The van der Waals surface area contributed by atoms with Crippen molar-refractivity contribution in [2.45, 2.75) is 11.8 Å². The number of alkyl halides is 1. The molecule has 1 aromatic heterocycles. The van der Waals surface area contributed by atoms with Crippen molar-refractivity contribution in [2.24, 2.45) is 0 Å². The Bertz CT molecular complexity index is 239. The zero-order valence-electron chi connectivity index (χ0n) is 5.93. The molecule has 1 unspecified atom stereocenters. The summed E-state index contributed by atoms with van der Waals surface area (Å²) < 4.78 is 1.00. The van der Waals surface area contributed by atoms with Crippen molar-refractivity contribution in [3.8, 4) is 0 Å². The highest BCUT2D eigenvalue weighted by molar-refractivity contribution is 9.10. The first-order valence-electron chi connectivity index (χ1n) is 3.29. The van der Waals surface area contributed by atoms with Gasteiger partial charge in [0, 0.05) is 10.7 Å². The maximum absolute atomic E-state index is 5.92. The number of halogens is 2. The second-order valence-electron chi connectivity index (χ2n) is 2.16. The Hall–Kier alpha value is -0.0800. The maximum atomic E-state index is 5.92. The molecule has 1 heterocycles. The molecular weight excluding hydrogens is 225 g/mol. The lowest BCUT2D eigenvalue weighted by molar-refractivity contribution is 0.901. The summed E-state index contributed by atoms with van der Waals surface area (Å²) in [4.78, 5) is 4.11. The molecule has 0 aliphatic carbocycles. The van der Waals surface area contributed by atoms with Gasteiger partial charge < -0.3 is 0 Å². The van der Waals surface area contributed by atoms with E-state index in [4.69, 9.17) is 11.6 Å². The Morgan fingerprint density at radius 3 is 3.00 bits per heavy atom. The molecule has 0 aliphatic rings. The summed E-state index contributed by atoms with van der Waals surface area (Å²) in [6.07, 6.45) is 2.38. The third-order valence-electron chi connectivity index (χ3n) is 1.32. The highest BCUT2D eigenvalue weighted by atomic mass is 79.9. The van der Waals surface area contributed by atoms with E-state index in [1.54, 1.807) is 6.20 Å². The molecule has 0 saturated carbocycles. The van der Waals surface area contributed by atoms with Crippen molar-refractivity contribution in [3.63, 3.8) is 0 Å². The minimum atomic E-state index is -0.0764. The fourth-order valence-electron chi connectivity index (χ4n) is 0.740. The topological polar surface area (TPSA) is 12.9 Å². The van der Waals surface area contributed by atoms with Crippen molar-refractivity contribution in [2.75, 3.05) is 0 Å². The molecule has 0 bridgehead atoms. The quantitative estimate of drug-likeness (QED) is 0.714. The average Bonchev–Trinajstić information content (AvgIpc) is 2.03. The SMILES string of the molecule is [CH2]CC(Cl)c1cc(Br)ccn1. The van der Waals surface area contributed by atoms with Crippen LogP contribution in [0.1, 0.15) is 17.5 Å². The molecule has 1 aromatic rings. The Balaban J connectivity index is 2.86. The minimum Gasteiger partial charge on any atom is -0.260 e. The third kappa shape index (κ3) is 2.46. The summed E-state index contributed by atoms with van der Waals surface area (Å²) in [7, 11) is 0. The van der Waals surface area contributed by atoms with Gasteiger partial charge in [-0.1, -0.05) is 22.9 Å². The molecule has 0 N–H and O–H groups in total. The highest BCUT2D eigenvalue weighted by Crippen LogP contribution is 2.23. The molecule has 3 heteroatoms. The summed E-state index contributed by atoms with van der Waals surface area (Å²) in [6, 6.07) is 3.78. The van der Waals surface area contributed by atoms with Crippen LogP contribution in [0.4, 0.5) is 0 Å². The average molecular weight is 234 g/mol. The normalized spacial score (nSPS) is 13.0. The summed E-state index contributed by atoms with van der Waals surface area (Å²) in [5, 5.41) is -0.0764. The van der Waals surface area contributed by atoms with E-state index >= 15 is 0 Å². The Morgan fingerprint density at radius 2 is 2.45 bits per heavy atom. The van der Waals surface area contributed by atoms with Crippen LogP contribution in [0.5, 0.6) is 0 Å². The van der Waals surface area contributed by atoms with E-state index < -0.39 is 0 Å². The Kier molecular flexibility index (Phi) is 3.34. The van der Waals surface area contributed by atoms with Crippen LogP contribution in [0.2, 0.25) is 0 Å². The lowest BCUT2D eigenvalue weighted by Crippen LogP contribution is -1.91. The molecular formula is C8H8BrClN. The van der Waals surface area contributed by atoms with Crippen LogP contribution in [0, 0.1) is 6.92 Å². The van der Waals surface area contributed by atoms with Crippen molar-refractivity contribution in [1.82, 2.24) is 4.98 Å². The first-order valence-corrected chi connectivity index (χ1v) is 4.51. The first-order chi connectivity index (χ1) is 5.24. The van der Waals surface area contributed by atoms with Gasteiger partial charge in [-0.3, -0.25) is 4.98 Å². The minimum absolute atomic E-state index is 0.0764. The van der Waals surface area contributed by atoms with E-state index in [1.807, 2.05) is 12.1 Å². The van der Waals surface area contributed by atoms with Crippen LogP contribution >= 0.6 is 27.5 Å². The van der Waals surface area contributed by atoms with Crippen LogP contribution in [0.25, 0.3) is 0 Å². The van der Waals surface area contributed by atoms with E-state index in [9.17, 15) is 0 Å². The van der Waals surface area contributed by atoms with Gasteiger partial charge in [0.1, 0.15) is 0 Å². The van der Waals surface area contributed by atoms with Crippen LogP contribution in [0.15, 0.2) is 22.8 Å². The zero-order valence-corrected chi connectivity index (χ0v) is 8.27. The van der Waals surface area contributed by atoms with Crippen molar-refractivity contribution in [1.29, 1.82) is 0 Å². The fraction of sp³-hybridized carbons (Fsp3) is 0.250. The first kappa shape index (κ1) is 9.01. The summed E-state index contributed by atoms with van der Waals surface area (Å²) in [5.74, 6) is 0. The molecule has 0 aromatic carbocycles. The maximum Gasteiger partial charge on any atom is 0.0757 e. The van der Waals surface area contributed by atoms with Gasteiger partial charge in [-0.15, -0.1) is 11.6 Å². The van der Waals surface area contributed by atoms with E-state index in [-0.39, 0.29) is 5.38 Å². The molecule has 1 rings (SSSR count). The molecule has 0 fully saturated rings. The van der Waals surface area contributed by atoms with Gasteiger partial charge in [-0.2, -0.15) is 0 Å². The van der Waals surface area contributed by atoms with E-state index in [0.29, 0.717) is 6.42 Å². The molecule has 11 heavy (non-hydrogen) atoms. The Labute approximate surface area is 79.9 Å². The number of pyridine rings is 1. The van der Waals surface area contributed by atoms with Crippen LogP contribution < -0.4 is 0 Å². The predicted octanol–water partition coefficient (Wildman–Crippen LogP) is 3.35. The molecule has 1 nitrogen and oxygen atoms in total. The van der Waals surface area contributed by atoms with Gasteiger partial charge in [0.2, 0.25) is 0 Å². The number of rotatable bonds is 2. The van der Waals surface area contributed by atoms with E-state index in [0.717, 1.165) is 10.2 Å². The fourth-order valence-corrected chi connectivity index (χ4v) is 1.21. The van der Waals surface area contributed by atoms with Gasteiger partial charge in [-0.25, -0.2) is 0 Å². The van der Waals surface area contributed by atoms with E-state index in [1.165, 1.54) is 0 Å². The van der Waals surface area contributed by atoms with Crippen molar-refractivity contribution < 1.29 is 0 Å². The molecule has 0 aliphatic heterocycles. The molecule has 0 saturated heterocycles. The van der Waals surface area contributed by atoms with Gasteiger partial charge in [0.25, 0.3) is 0 Å². The smallest absolute Gasteiger partial charge is 0.0757 e. The van der Waals surface area contributed by atoms with Crippen molar-refractivity contribution >= 4 is 27.5 Å². The summed E-state index contributed by atoms with van der Waals surface area (Å²) in [5.41, 5.74) is 0.871. The predicted molar refractivity (Wildman–Crippen MR) is 50.5 cm³/mol. The highest BCUT2D eigenvalue weighted by Gasteiger charge is 2.05. The summed E-state index contributed by atoms with van der Waals surface area (Å²) >= 11 is 9.26. The lowest BCUT2D eigenvalue weighted by Gasteiger charge is -2.04. The number of hydrogen-bond acceptors (Lipinski definition) is 1. The van der Waals surface area contributed by atoms with E-state index in [2.05, 4.69) is 27.8 Å². The number of nitrogens with zero attached hydrogens (tertiary/aromatic N) is 1. The van der Waals surface area contributed by atoms with Gasteiger partial charge in [0.15, 0.2) is 0 Å². The van der Waals surface area contributed by atoms with Gasteiger partial charge >= 0.3 is 0 Å². The number of hydrogen-bond donors (Lipinski definition) is 0. The van der Waals surface area contributed by atoms with Crippen LogP contribution in [-0.4, -0.2) is 4.98 Å². The molecule has 0 amide bonds. The molecule has 1 atom stereocenters. The molecule has 1 radical (unpaired) electrons. The van der Waals surface area contributed by atoms with Crippen molar-refractivity contribution in [3.05, 3.63) is 35.4 Å². The molecule has 0 spiro atoms. The van der Waals surface area contributed by atoms with Gasteiger partial charge in [0.05, 0.1) is 11.1 Å². The monoisotopic (exact) mass is 232 g/mol. The molecule has 59 valence electrons. The lowest BCUT2D eigenvalue weighted by atomic mass is 10.2. The Morgan fingerprint density at radius 1 is 1.73 bits per heavy atom. The third-order valence-corrected chi connectivity index (χ3v) is 2.25. The van der Waals surface area contributed by atoms with Crippen LogP contribution in [0.3, 0.4) is 0 Å². The number of aromatic nitrogens is 1. The summed E-state index contributed by atoms with van der Waals surface area (Å²) in [6.45, 7) is 3.70. The standard InChI is InChI=1S/C8H8BrClN/c1-2-7(10)8-5-6(9)3-4-11-8/h3-5,7H,1-2H2.